The van der Waals surface area contributed by atoms with Gasteiger partial charge in [0.05, 0.1) is 0 Å². The van der Waals surface area contributed by atoms with Gasteiger partial charge in [-0.2, -0.15) is 13.2 Å². The van der Waals surface area contributed by atoms with Crippen LogP contribution in [0.3, 0.4) is 0 Å². The van der Waals surface area contributed by atoms with E-state index in [1.807, 2.05) is 13.0 Å². The fourth-order valence-electron chi connectivity index (χ4n) is 2.11. The Hall–Kier alpha value is -1.37. The van der Waals surface area contributed by atoms with Crippen molar-refractivity contribution in [1.29, 1.82) is 5.41 Å². The fourth-order valence-corrected chi connectivity index (χ4v) is 2.83. The molecular formula is C14H20F3N3S. The summed E-state index contributed by atoms with van der Waals surface area (Å²) in [6.07, 6.45) is 2.33. The van der Waals surface area contributed by atoms with Crippen molar-refractivity contribution < 1.29 is 13.2 Å². The predicted octanol–water partition coefficient (Wildman–Crippen LogP) is 3.80. The Morgan fingerprint density at radius 3 is 2.62 bits per heavy atom. The van der Waals surface area contributed by atoms with Crippen LogP contribution >= 0.6 is 11.8 Å². The molecule has 118 valence electrons. The number of aryl methyl sites for hydroxylation is 2. The zero-order valence-corrected chi connectivity index (χ0v) is 12.9. The maximum Gasteiger partial charge on any atom is 0.446 e. The lowest BCUT2D eigenvalue weighted by Crippen LogP contribution is -2.37. The number of guanidine groups is 1. The normalized spacial score (nSPS) is 13.0. The van der Waals surface area contributed by atoms with Gasteiger partial charge >= 0.3 is 5.51 Å². The molecule has 0 bridgehead atoms. The minimum atomic E-state index is -4.26. The van der Waals surface area contributed by atoms with Crippen LogP contribution in [0.4, 0.5) is 13.2 Å². The number of nitrogens with one attached hydrogen (secondary N) is 2. The number of hydrogen-bond donors (Lipinski definition) is 3. The maximum atomic E-state index is 12.4. The Kier molecular flexibility index (Phi) is 6.39. The topological polar surface area (TPSA) is 61.9 Å². The molecule has 0 radical (unpaired) electrons. The number of thioether (sulfide) groups is 1. The van der Waals surface area contributed by atoms with Crippen molar-refractivity contribution in [2.45, 2.75) is 49.6 Å². The summed E-state index contributed by atoms with van der Waals surface area (Å²) in [5.41, 5.74) is 2.71. The standard InChI is InChI=1S/C14H20F3N3S/c1-9-6-11(5-3-4-10(2)20-13(18)19)8-12(7-9)21-14(15,16)17/h6-8,10H,3-5H2,1-2H3,(H4,18,19,20)/t10-/m0/s1. The zero-order valence-electron chi connectivity index (χ0n) is 12.1. The molecule has 3 nitrogen and oxygen atoms in total. The summed E-state index contributed by atoms with van der Waals surface area (Å²) >= 11 is -0.0797. The number of hydrogen-bond acceptors (Lipinski definition) is 2. The highest BCUT2D eigenvalue weighted by Gasteiger charge is 2.29. The van der Waals surface area contributed by atoms with Gasteiger partial charge in [0, 0.05) is 10.9 Å². The Bertz CT molecular complexity index is 489. The number of halogens is 3. The molecule has 0 heterocycles. The van der Waals surface area contributed by atoms with Gasteiger partial charge in [-0.3, -0.25) is 5.41 Å². The molecule has 1 rings (SSSR count). The van der Waals surface area contributed by atoms with Crippen LogP contribution in [0.15, 0.2) is 23.1 Å². The molecule has 1 aromatic rings. The van der Waals surface area contributed by atoms with Crippen molar-refractivity contribution in [1.82, 2.24) is 5.32 Å². The first kappa shape index (κ1) is 17.7. The van der Waals surface area contributed by atoms with Crippen molar-refractivity contribution in [2.75, 3.05) is 0 Å². The van der Waals surface area contributed by atoms with E-state index in [1.165, 1.54) is 0 Å². The lowest BCUT2D eigenvalue weighted by molar-refractivity contribution is -0.0328. The highest BCUT2D eigenvalue weighted by molar-refractivity contribution is 8.00. The van der Waals surface area contributed by atoms with Crippen molar-refractivity contribution in [2.24, 2.45) is 5.73 Å². The minimum Gasteiger partial charge on any atom is -0.370 e. The van der Waals surface area contributed by atoms with E-state index in [4.69, 9.17) is 11.1 Å². The van der Waals surface area contributed by atoms with E-state index in [-0.39, 0.29) is 28.7 Å². The first-order chi connectivity index (χ1) is 9.65. The molecule has 0 unspecified atom stereocenters. The highest BCUT2D eigenvalue weighted by Crippen LogP contribution is 2.37. The Labute approximate surface area is 127 Å². The molecule has 4 N–H and O–H groups in total. The van der Waals surface area contributed by atoms with Gasteiger partial charge < -0.3 is 11.1 Å². The molecule has 7 heteroatoms. The van der Waals surface area contributed by atoms with E-state index < -0.39 is 5.51 Å². The Morgan fingerprint density at radius 2 is 2.05 bits per heavy atom. The molecule has 0 saturated carbocycles. The average Bonchev–Trinajstić information content (AvgIpc) is 2.24. The molecule has 0 aliphatic carbocycles. The third kappa shape index (κ3) is 7.84. The fraction of sp³-hybridized carbons (Fsp3) is 0.500. The van der Waals surface area contributed by atoms with Gasteiger partial charge in [-0.15, -0.1) is 0 Å². The van der Waals surface area contributed by atoms with E-state index in [1.54, 1.807) is 19.1 Å². The monoisotopic (exact) mass is 319 g/mol. The van der Waals surface area contributed by atoms with Gasteiger partial charge in [0.25, 0.3) is 0 Å². The van der Waals surface area contributed by atoms with Crippen LogP contribution in [0.5, 0.6) is 0 Å². The first-order valence-corrected chi connectivity index (χ1v) is 7.44. The van der Waals surface area contributed by atoms with Crippen LogP contribution in [0, 0.1) is 12.3 Å². The van der Waals surface area contributed by atoms with Crippen LogP contribution in [-0.2, 0) is 6.42 Å². The van der Waals surface area contributed by atoms with Crippen molar-refractivity contribution >= 4 is 17.7 Å². The van der Waals surface area contributed by atoms with Gasteiger partial charge in [0.15, 0.2) is 5.96 Å². The summed E-state index contributed by atoms with van der Waals surface area (Å²) in [7, 11) is 0. The van der Waals surface area contributed by atoms with E-state index >= 15 is 0 Å². The molecule has 0 amide bonds. The average molecular weight is 319 g/mol. The largest absolute Gasteiger partial charge is 0.446 e. The first-order valence-electron chi connectivity index (χ1n) is 6.62. The third-order valence-electron chi connectivity index (χ3n) is 2.85. The van der Waals surface area contributed by atoms with Gasteiger partial charge in [-0.25, -0.2) is 0 Å². The minimum absolute atomic E-state index is 0.0677. The molecule has 21 heavy (non-hydrogen) atoms. The van der Waals surface area contributed by atoms with Crippen LogP contribution in [0.1, 0.15) is 30.9 Å². The summed E-state index contributed by atoms with van der Waals surface area (Å²) in [4.78, 5) is 0.229. The van der Waals surface area contributed by atoms with Gasteiger partial charge in [0.1, 0.15) is 0 Å². The van der Waals surface area contributed by atoms with Crippen LogP contribution in [0.2, 0.25) is 0 Å². The van der Waals surface area contributed by atoms with Crippen molar-refractivity contribution in [3.8, 4) is 0 Å². The SMILES string of the molecule is Cc1cc(CCC[C@H](C)NC(=N)N)cc(SC(F)(F)F)c1. The highest BCUT2D eigenvalue weighted by atomic mass is 32.2. The zero-order chi connectivity index (χ0) is 16.0. The third-order valence-corrected chi connectivity index (χ3v) is 3.55. The van der Waals surface area contributed by atoms with Crippen LogP contribution < -0.4 is 11.1 Å². The Balaban J connectivity index is 2.57. The molecule has 0 saturated heterocycles. The van der Waals surface area contributed by atoms with E-state index in [0.717, 1.165) is 24.0 Å². The van der Waals surface area contributed by atoms with E-state index in [0.29, 0.717) is 6.42 Å². The van der Waals surface area contributed by atoms with E-state index in [9.17, 15) is 13.2 Å². The van der Waals surface area contributed by atoms with Gasteiger partial charge in [-0.1, -0.05) is 6.07 Å². The van der Waals surface area contributed by atoms with Crippen molar-refractivity contribution in [3.63, 3.8) is 0 Å². The second kappa shape index (κ2) is 7.59. The number of alkyl halides is 3. The van der Waals surface area contributed by atoms with Gasteiger partial charge in [0.2, 0.25) is 0 Å². The second-order valence-electron chi connectivity index (χ2n) is 5.05. The molecular weight excluding hydrogens is 299 g/mol. The Morgan fingerprint density at radius 1 is 1.38 bits per heavy atom. The summed E-state index contributed by atoms with van der Waals surface area (Å²) in [5.74, 6) is -0.0677. The van der Waals surface area contributed by atoms with Crippen LogP contribution in [-0.4, -0.2) is 17.5 Å². The summed E-state index contributed by atoms with van der Waals surface area (Å²) in [5, 5.41) is 9.91. The lowest BCUT2D eigenvalue weighted by atomic mass is 10.0. The lowest BCUT2D eigenvalue weighted by Gasteiger charge is -2.13. The second-order valence-corrected chi connectivity index (χ2v) is 6.19. The number of rotatable bonds is 6. The molecule has 0 spiro atoms. The summed E-state index contributed by atoms with van der Waals surface area (Å²) < 4.78 is 37.2. The smallest absolute Gasteiger partial charge is 0.370 e. The molecule has 1 aromatic carbocycles. The van der Waals surface area contributed by atoms with Crippen LogP contribution in [0.25, 0.3) is 0 Å². The molecule has 0 aliphatic heterocycles. The molecule has 0 aliphatic rings. The molecule has 0 fully saturated rings. The molecule has 1 atom stereocenters. The summed E-state index contributed by atoms with van der Waals surface area (Å²) in [6, 6.07) is 5.12. The molecule has 0 aromatic heterocycles. The quantitative estimate of drug-likeness (QED) is 0.424. The van der Waals surface area contributed by atoms with E-state index in [2.05, 4.69) is 5.32 Å². The van der Waals surface area contributed by atoms with Gasteiger partial charge in [-0.05, 0) is 68.1 Å². The predicted molar refractivity (Wildman–Crippen MR) is 80.5 cm³/mol. The van der Waals surface area contributed by atoms with Crippen molar-refractivity contribution in [3.05, 3.63) is 29.3 Å². The summed E-state index contributed by atoms with van der Waals surface area (Å²) in [6.45, 7) is 3.71. The number of benzene rings is 1. The number of nitrogens with two attached hydrogens (primary N) is 1. The maximum absolute atomic E-state index is 12.4.